The van der Waals surface area contributed by atoms with Crippen molar-refractivity contribution in [2.45, 2.75) is 0 Å². The van der Waals surface area contributed by atoms with Crippen molar-refractivity contribution in [1.29, 1.82) is 0 Å². The molecule has 0 fully saturated rings. The van der Waals surface area contributed by atoms with E-state index in [2.05, 4.69) is 246 Å². The van der Waals surface area contributed by atoms with Crippen LogP contribution in [0.5, 0.6) is 0 Å². The fourth-order valence-electron chi connectivity index (χ4n) is 8.64. The van der Waals surface area contributed by atoms with Gasteiger partial charge >= 0.3 is 0 Å². The molecule has 3 nitrogen and oxygen atoms in total. The van der Waals surface area contributed by atoms with Gasteiger partial charge in [-0.1, -0.05) is 164 Å². The van der Waals surface area contributed by atoms with Crippen LogP contribution in [0, 0.1) is 0 Å². The molecule has 0 radical (unpaired) electrons. The number of para-hydroxylation sites is 3. The molecule has 0 N–H and O–H groups in total. The summed E-state index contributed by atoms with van der Waals surface area (Å²) >= 11 is 0. The van der Waals surface area contributed by atoms with Crippen LogP contribution in [0.25, 0.3) is 83.0 Å². The summed E-state index contributed by atoms with van der Waals surface area (Å²) in [5.74, 6) is 0. The monoisotopic (exact) mass is 765 g/mol. The summed E-state index contributed by atoms with van der Waals surface area (Å²) in [5, 5.41) is 3.50. The SMILES string of the molecule is c1ccc(-c2ccc(-c3ccc(N(c4ccccc4)c4ccc5c(c4)c4ccc(-c6nc7ccccc7cc6-c6ccccc6)cc4n5-c4ccccc4)cc3)cc2)cc1. The van der Waals surface area contributed by atoms with E-state index in [1.807, 2.05) is 0 Å². The fourth-order valence-corrected chi connectivity index (χ4v) is 8.64. The van der Waals surface area contributed by atoms with Crippen LogP contribution >= 0.6 is 0 Å². The molecule has 0 spiro atoms. The normalized spacial score (nSPS) is 11.3. The van der Waals surface area contributed by atoms with E-state index in [0.717, 1.165) is 67.1 Å². The summed E-state index contributed by atoms with van der Waals surface area (Å²) in [6.45, 7) is 0. The average molecular weight is 766 g/mol. The zero-order valence-corrected chi connectivity index (χ0v) is 32.9. The highest BCUT2D eigenvalue weighted by Gasteiger charge is 2.20. The van der Waals surface area contributed by atoms with Crippen molar-refractivity contribution in [3.8, 4) is 50.3 Å². The van der Waals surface area contributed by atoms with E-state index in [9.17, 15) is 0 Å². The zero-order chi connectivity index (χ0) is 39.8. The van der Waals surface area contributed by atoms with Crippen molar-refractivity contribution in [3.05, 3.63) is 237 Å². The molecular formula is C57H39N3. The summed E-state index contributed by atoms with van der Waals surface area (Å²) in [4.78, 5) is 7.67. The largest absolute Gasteiger partial charge is 0.310 e. The van der Waals surface area contributed by atoms with Crippen LogP contribution in [-0.4, -0.2) is 9.55 Å². The van der Waals surface area contributed by atoms with Crippen molar-refractivity contribution in [2.24, 2.45) is 0 Å². The number of hydrogen-bond donors (Lipinski definition) is 0. The van der Waals surface area contributed by atoms with Gasteiger partial charge in [0.15, 0.2) is 0 Å². The van der Waals surface area contributed by atoms with Crippen LogP contribution in [0.3, 0.4) is 0 Å². The minimum absolute atomic E-state index is 0.971. The Morgan fingerprint density at radius 1 is 0.333 bits per heavy atom. The van der Waals surface area contributed by atoms with Gasteiger partial charge in [0.2, 0.25) is 0 Å². The Kier molecular flexibility index (Phi) is 8.83. The van der Waals surface area contributed by atoms with Gasteiger partial charge in [0.05, 0.1) is 22.2 Å². The molecule has 0 atom stereocenters. The second kappa shape index (κ2) is 15.1. The Morgan fingerprint density at radius 2 is 0.850 bits per heavy atom. The van der Waals surface area contributed by atoms with Gasteiger partial charge in [0, 0.05) is 50.0 Å². The van der Waals surface area contributed by atoms with Crippen LogP contribution in [0.15, 0.2) is 237 Å². The lowest BCUT2D eigenvalue weighted by Gasteiger charge is -2.26. The maximum absolute atomic E-state index is 5.32. The smallest absolute Gasteiger partial charge is 0.0788 e. The molecule has 0 aliphatic rings. The number of rotatable bonds is 8. The highest BCUT2D eigenvalue weighted by molar-refractivity contribution is 6.12. The average Bonchev–Trinajstić information content (AvgIpc) is 3.65. The molecule has 11 rings (SSSR count). The van der Waals surface area contributed by atoms with Crippen LogP contribution in [0.4, 0.5) is 17.1 Å². The molecule has 0 bridgehead atoms. The summed E-state index contributed by atoms with van der Waals surface area (Å²) in [7, 11) is 0. The van der Waals surface area contributed by atoms with Crippen molar-refractivity contribution in [2.75, 3.05) is 4.90 Å². The minimum atomic E-state index is 0.971. The van der Waals surface area contributed by atoms with E-state index in [1.165, 1.54) is 33.0 Å². The molecule has 11 aromatic rings. The molecule has 0 aliphatic heterocycles. The lowest BCUT2D eigenvalue weighted by atomic mass is 9.96. The Bertz CT molecular complexity index is 3270. The lowest BCUT2D eigenvalue weighted by molar-refractivity contribution is 1.18. The van der Waals surface area contributed by atoms with Gasteiger partial charge in [0.25, 0.3) is 0 Å². The summed E-state index contributed by atoms with van der Waals surface area (Å²) < 4.78 is 2.39. The summed E-state index contributed by atoms with van der Waals surface area (Å²) in [6, 6.07) is 84.7. The topological polar surface area (TPSA) is 21.1 Å². The number of fused-ring (bicyclic) bond motifs is 4. The quantitative estimate of drug-likeness (QED) is 0.154. The Morgan fingerprint density at radius 3 is 1.53 bits per heavy atom. The van der Waals surface area contributed by atoms with Crippen molar-refractivity contribution < 1.29 is 0 Å². The Hall–Kier alpha value is -8.01. The number of benzene rings is 9. The van der Waals surface area contributed by atoms with Gasteiger partial charge in [-0.15, -0.1) is 0 Å². The first-order valence-electron chi connectivity index (χ1n) is 20.5. The molecule has 0 aliphatic carbocycles. The molecular weight excluding hydrogens is 727 g/mol. The van der Waals surface area contributed by atoms with Crippen LogP contribution in [0.2, 0.25) is 0 Å². The molecule has 2 heterocycles. The molecule has 2 aromatic heterocycles. The molecule has 0 saturated heterocycles. The van der Waals surface area contributed by atoms with Gasteiger partial charge in [0.1, 0.15) is 0 Å². The standard InChI is InChI=1S/C57H39N3/c1-5-15-40(16-6-1)41-25-27-42(28-26-41)43-29-32-49(33-30-43)59(47-20-9-3-10-21-47)50-34-36-55-53(39-50)51-35-31-46(38-56(51)60(55)48-22-11-4-12-23-48)57-52(44-17-7-2-8-18-44)37-45-19-13-14-24-54(45)58-57/h1-39H. The zero-order valence-electron chi connectivity index (χ0n) is 32.9. The van der Waals surface area contributed by atoms with E-state index in [-0.39, 0.29) is 0 Å². The Labute approximate surface area is 349 Å². The second-order valence-corrected chi connectivity index (χ2v) is 15.2. The maximum Gasteiger partial charge on any atom is 0.0788 e. The number of pyridine rings is 1. The van der Waals surface area contributed by atoms with E-state index < -0.39 is 0 Å². The molecule has 0 saturated carbocycles. The highest BCUT2D eigenvalue weighted by Crippen LogP contribution is 2.42. The molecule has 3 heteroatoms. The second-order valence-electron chi connectivity index (χ2n) is 15.2. The number of nitrogens with zero attached hydrogens (tertiary/aromatic N) is 3. The predicted molar refractivity (Wildman–Crippen MR) is 253 cm³/mol. The van der Waals surface area contributed by atoms with Crippen LogP contribution in [0.1, 0.15) is 0 Å². The Balaban J connectivity index is 1.04. The highest BCUT2D eigenvalue weighted by atomic mass is 15.1. The lowest BCUT2D eigenvalue weighted by Crippen LogP contribution is -2.09. The van der Waals surface area contributed by atoms with Crippen LogP contribution < -0.4 is 4.90 Å². The first-order chi connectivity index (χ1) is 29.7. The van der Waals surface area contributed by atoms with E-state index in [4.69, 9.17) is 4.98 Å². The van der Waals surface area contributed by atoms with E-state index in [1.54, 1.807) is 0 Å². The van der Waals surface area contributed by atoms with Crippen molar-refractivity contribution >= 4 is 49.8 Å². The third-order valence-corrected chi connectivity index (χ3v) is 11.6. The predicted octanol–water partition coefficient (Wildman–Crippen LogP) is 15.5. The van der Waals surface area contributed by atoms with Gasteiger partial charge < -0.3 is 9.47 Å². The molecule has 9 aromatic carbocycles. The summed E-state index contributed by atoms with van der Waals surface area (Å²) in [5.41, 5.74) is 16.8. The van der Waals surface area contributed by atoms with E-state index in [0.29, 0.717) is 0 Å². The molecule has 282 valence electrons. The van der Waals surface area contributed by atoms with Gasteiger partial charge in [-0.3, -0.25) is 0 Å². The number of anilines is 3. The van der Waals surface area contributed by atoms with Gasteiger partial charge in [-0.05, 0) is 101 Å². The fraction of sp³-hybridized carbons (Fsp3) is 0. The summed E-state index contributed by atoms with van der Waals surface area (Å²) in [6.07, 6.45) is 0. The number of hydrogen-bond acceptors (Lipinski definition) is 2. The molecule has 0 amide bonds. The molecule has 0 unspecified atom stereocenters. The third-order valence-electron chi connectivity index (χ3n) is 11.6. The van der Waals surface area contributed by atoms with Crippen molar-refractivity contribution in [3.63, 3.8) is 0 Å². The minimum Gasteiger partial charge on any atom is -0.310 e. The first-order valence-corrected chi connectivity index (χ1v) is 20.5. The molecule has 60 heavy (non-hydrogen) atoms. The first kappa shape index (κ1) is 35.2. The maximum atomic E-state index is 5.32. The third kappa shape index (κ3) is 6.39. The van der Waals surface area contributed by atoms with Gasteiger partial charge in [-0.25, -0.2) is 4.98 Å². The van der Waals surface area contributed by atoms with Crippen molar-refractivity contribution in [1.82, 2.24) is 9.55 Å². The number of aromatic nitrogens is 2. The van der Waals surface area contributed by atoms with Crippen LogP contribution in [-0.2, 0) is 0 Å². The van der Waals surface area contributed by atoms with E-state index >= 15 is 0 Å². The van der Waals surface area contributed by atoms with Gasteiger partial charge in [-0.2, -0.15) is 0 Å².